The molecule has 1 aliphatic rings. The summed E-state index contributed by atoms with van der Waals surface area (Å²) >= 11 is -1.41. The molecule has 1 aliphatic carbocycles. The van der Waals surface area contributed by atoms with Crippen LogP contribution in [0.4, 0.5) is 0 Å². The number of hydrogen-bond acceptors (Lipinski definition) is 0. The van der Waals surface area contributed by atoms with E-state index in [1.807, 2.05) is 3.88 Å². The molecule has 0 spiro atoms. The molecular weight excluding hydrogens is 264 g/mol. The van der Waals surface area contributed by atoms with Gasteiger partial charge < -0.3 is 0 Å². The van der Waals surface area contributed by atoms with E-state index in [1.54, 1.807) is 0 Å². The van der Waals surface area contributed by atoms with Gasteiger partial charge in [-0.25, -0.2) is 0 Å². The van der Waals surface area contributed by atoms with Crippen LogP contribution in [0, 0.1) is 0 Å². The number of allylic oxidation sites excluding steroid dienone is 4. The molecule has 0 saturated carbocycles. The molecule has 0 aromatic heterocycles. The third kappa shape index (κ3) is 2.69. The van der Waals surface area contributed by atoms with Crippen LogP contribution in [0.1, 0.15) is 6.42 Å². The Labute approximate surface area is 91.1 Å². The summed E-state index contributed by atoms with van der Waals surface area (Å²) in [6, 6.07) is 0. The van der Waals surface area contributed by atoms with Gasteiger partial charge in [0.05, 0.1) is 0 Å². The van der Waals surface area contributed by atoms with Gasteiger partial charge in [0, 0.05) is 0 Å². The van der Waals surface area contributed by atoms with Crippen molar-refractivity contribution in [1.82, 2.24) is 0 Å². The molecule has 0 aromatic carbocycles. The fourth-order valence-corrected chi connectivity index (χ4v) is 8.22. The quantitative estimate of drug-likeness (QED) is 0.679. The topological polar surface area (TPSA) is 0 Å². The monoisotopic (exact) mass is 282 g/mol. The Morgan fingerprint density at radius 1 is 1.33 bits per heavy atom. The zero-order chi connectivity index (χ0) is 8.48. The van der Waals surface area contributed by atoms with Crippen molar-refractivity contribution in [1.29, 1.82) is 0 Å². The summed E-state index contributed by atoms with van der Waals surface area (Å²) in [4.78, 5) is 0. The predicted molar refractivity (Wildman–Crippen MR) is 62.8 cm³/mol. The van der Waals surface area contributed by atoms with E-state index in [-0.39, 0.29) is 23.6 Å². The molecule has 0 aliphatic heterocycles. The first-order chi connectivity index (χ1) is 5.05. The standard InChI is InChI=1S/C5H5.C2H7Si.2CH3.BrH.Ti/c1-2-4-5-3-1;1-3-2;;;;/h1-3H,4H2;3H,1-2H3;2*1H3;1H;. The van der Waals surface area contributed by atoms with Crippen molar-refractivity contribution in [2.24, 2.45) is 0 Å². The second kappa shape index (κ2) is 4.94. The van der Waals surface area contributed by atoms with Crippen molar-refractivity contribution in [3.05, 3.63) is 22.1 Å². The van der Waals surface area contributed by atoms with Crippen molar-refractivity contribution in [2.75, 3.05) is 0 Å². The van der Waals surface area contributed by atoms with Gasteiger partial charge in [-0.15, -0.1) is 17.0 Å². The van der Waals surface area contributed by atoms with Crippen LogP contribution >= 0.6 is 17.0 Å². The molecule has 0 bridgehead atoms. The van der Waals surface area contributed by atoms with Crippen LogP contribution in [0.3, 0.4) is 0 Å². The summed E-state index contributed by atoms with van der Waals surface area (Å²) in [5.74, 6) is 0. The molecular formula is C9H19BrSiTi. The number of rotatable bonds is 2. The van der Waals surface area contributed by atoms with Crippen LogP contribution in [-0.4, -0.2) is 6.66 Å². The summed E-state index contributed by atoms with van der Waals surface area (Å²) in [6.07, 6.45) is 8.20. The minimum absolute atomic E-state index is 0. The van der Waals surface area contributed by atoms with E-state index in [4.69, 9.17) is 0 Å². The van der Waals surface area contributed by atoms with Crippen LogP contribution < -0.4 is 0 Å². The van der Waals surface area contributed by atoms with Gasteiger partial charge >= 0.3 is 74.6 Å². The zero-order valence-corrected chi connectivity index (χ0v) is 12.9. The molecule has 0 radical (unpaired) electrons. The first-order valence-electron chi connectivity index (χ1n) is 4.41. The van der Waals surface area contributed by atoms with Crippen molar-refractivity contribution in [3.8, 4) is 0 Å². The van der Waals surface area contributed by atoms with Crippen molar-refractivity contribution in [3.63, 3.8) is 0 Å². The molecule has 70 valence electrons. The summed E-state index contributed by atoms with van der Waals surface area (Å²) in [6.45, 7) is 4.67. The molecule has 0 saturated heterocycles. The molecule has 0 atom stereocenters. The average Bonchev–Trinajstić information content (AvgIpc) is 2.37. The zero-order valence-electron chi connectivity index (χ0n) is 8.42. The molecule has 0 aromatic rings. The molecule has 0 unspecified atom stereocenters. The average molecular weight is 283 g/mol. The minimum atomic E-state index is -1.41. The fourth-order valence-electron chi connectivity index (χ4n) is 1.30. The molecule has 0 nitrogen and oxygen atoms in total. The fraction of sp³-hybridized carbons (Fsp3) is 0.556. The molecule has 0 N–H and O–H groups in total. The molecule has 3 heteroatoms. The summed E-state index contributed by atoms with van der Waals surface area (Å²) < 4.78 is 1.83. The van der Waals surface area contributed by atoms with Gasteiger partial charge in [-0.2, -0.15) is 0 Å². The Morgan fingerprint density at radius 2 is 1.92 bits per heavy atom. The van der Waals surface area contributed by atoms with E-state index in [2.05, 4.69) is 41.8 Å². The predicted octanol–water partition coefficient (Wildman–Crippen LogP) is 3.64. The van der Waals surface area contributed by atoms with Crippen molar-refractivity contribution >= 4 is 23.6 Å². The molecule has 0 amide bonds. The van der Waals surface area contributed by atoms with Gasteiger partial charge in [-0.3, -0.25) is 0 Å². The summed E-state index contributed by atoms with van der Waals surface area (Å²) in [5, 5.41) is 5.16. The maximum absolute atomic E-state index is 2.58. The third-order valence-corrected chi connectivity index (χ3v) is 24.1. The summed E-state index contributed by atoms with van der Waals surface area (Å²) in [5.41, 5.74) is 0. The van der Waals surface area contributed by atoms with Crippen LogP contribution in [0.2, 0.25) is 23.6 Å². The van der Waals surface area contributed by atoms with E-state index in [1.165, 1.54) is 6.42 Å². The Bertz CT molecular complexity index is 207. The normalized spacial score (nSPS) is 16.2. The van der Waals surface area contributed by atoms with Gasteiger partial charge in [-0.1, -0.05) is 0 Å². The first kappa shape index (κ1) is 12.9. The Kier molecular flexibility index (Phi) is 5.31. The Hall–Kier alpha value is 0.891. The molecule has 12 heavy (non-hydrogen) atoms. The Balaban J connectivity index is 0.00000121. The van der Waals surface area contributed by atoms with E-state index >= 15 is 0 Å². The molecule has 1 rings (SSSR count). The van der Waals surface area contributed by atoms with Crippen LogP contribution in [0.5, 0.6) is 0 Å². The Morgan fingerprint density at radius 3 is 2.25 bits per heavy atom. The first-order valence-corrected chi connectivity index (χ1v) is 13.9. The van der Waals surface area contributed by atoms with Crippen molar-refractivity contribution < 1.29 is 15.8 Å². The van der Waals surface area contributed by atoms with E-state index in [9.17, 15) is 0 Å². The van der Waals surface area contributed by atoms with E-state index in [0.717, 1.165) is 0 Å². The number of halogens is 1. The van der Waals surface area contributed by atoms with Crippen LogP contribution in [0.25, 0.3) is 0 Å². The SMILES string of the molecule is Br.C[SiH](C)[Ti]([CH3])([CH3])[C]1=CC=CC1. The van der Waals surface area contributed by atoms with Gasteiger partial charge in [-0.05, 0) is 0 Å². The molecule has 0 fully saturated rings. The van der Waals surface area contributed by atoms with E-state index < -0.39 is 15.8 Å². The van der Waals surface area contributed by atoms with Crippen LogP contribution in [-0.2, 0) is 15.8 Å². The van der Waals surface area contributed by atoms with Gasteiger partial charge in [0.2, 0.25) is 0 Å². The van der Waals surface area contributed by atoms with Crippen molar-refractivity contribution in [2.45, 2.75) is 30.0 Å². The van der Waals surface area contributed by atoms with E-state index in [0.29, 0.717) is 0 Å². The maximum atomic E-state index is 2.58. The number of hydrogen-bond donors (Lipinski definition) is 0. The second-order valence-electron chi connectivity index (χ2n) is 4.20. The van der Waals surface area contributed by atoms with Gasteiger partial charge in [0.25, 0.3) is 0 Å². The third-order valence-electron chi connectivity index (χ3n) is 3.04. The van der Waals surface area contributed by atoms with Gasteiger partial charge in [0.15, 0.2) is 0 Å². The summed E-state index contributed by atoms with van der Waals surface area (Å²) in [7, 11) is 0. The molecule has 0 heterocycles. The second-order valence-corrected chi connectivity index (χ2v) is 24.3. The van der Waals surface area contributed by atoms with Crippen LogP contribution in [0.15, 0.2) is 22.1 Å². The van der Waals surface area contributed by atoms with Gasteiger partial charge in [0.1, 0.15) is 0 Å².